The second-order valence-electron chi connectivity index (χ2n) is 8.56. The van der Waals surface area contributed by atoms with Gasteiger partial charge in [-0.15, -0.1) is 0 Å². The third-order valence-corrected chi connectivity index (χ3v) is 8.61. The second kappa shape index (κ2) is 9.79. The Bertz CT molecular complexity index is 1230. The summed E-state index contributed by atoms with van der Waals surface area (Å²) in [6.07, 6.45) is 0.473. The molecule has 1 amide bonds. The molecule has 10 heteroatoms. The number of nitrogens with zero attached hydrogens (tertiary/aromatic N) is 1. The summed E-state index contributed by atoms with van der Waals surface area (Å²) in [5, 5.41) is 2.39. The first-order valence-corrected chi connectivity index (χ1v) is 12.3. The number of nitrogens with one attached hydrogen (secondary N) is 1. The van der Waals surface area contributed by atoms with Gasteiger partial charge in [0.1, 0.15) is 11.6 Å². The van der Waals surface area contributed by atoms with Crippen LogP contribution in [0.4, 0.5) is 14.5 Å². The van der Waals surface area contributed by atoms with Crippen LogP contribution < -0.4 is 5.32 Å². The van der Waals surface area contributed by atoms with Gasteiger partial charge in [-0.2, -0.15) is 4.31 Å². The molecule has 1 heterocycles. The lowest BCUT2D eigenvalue weighted by molar-refractivity contribution is -0.120. The summed E-state index contributed by atoms with van der Waals surface area (Å²) in [6, 6.07) is 3.35. The van der Waals surface area contributed by atoms with Crippen LogP contribution in [0, 0.1) is 45.2 Å². The zero-order valence-corrected chi connectivity index (χ0v) is 20.6. The van der Waals surface area contributed by atoms with Crippen molar-refractivity contribution in [1.29, 1.82) is 0 Å². The van der Waals surface area contributed by atoms with Crippen LogP contribution in [0.15, 0.2) is 23.1 Å². The van der Waals surface area contributed by atoms with Crippen molar-refractivity contribution in [2.24, 2.45) is 5.92 Å². The largest absolute Gasteiger partial charge is 0.465 e. The molecule has 1 saturated heterocycles. The van der Waals surface area contributed by atoms with Gasteiger partial charge >= 0.3 is 5.97 Å². The summed E-state index contributed by atoms with van der Waals surface area (Å²) < 4.78 is 60.7. The Morgan fingerprint density at radius 2 is 1.53 bits per heavy atom. The maximum atomic E-state index is 14.2. The normalized spacial score (nSPS) is 15.3. The highest BCUT2D eigenvalue weighted by Crippen LogP contribution is 2.31. The minimum absolute atomic E-state index is 0.131. The number of aryl methyl sites for hydroxylation is 2. The van der Waals surface area contributed by atoms with Gasteiger partial charge in [0, 0.05) is 25.1 Å². The zero-order chi connectivity index (χ0) is 25.4. The SMILES string of the molecule is COC(=O)c1cc(NC(=O)C2CCN(S(=O)(=O)c3c(C)c(C)cc(C)c3C)CC2)c(F)cc1F. The molecule has 0 aromatic heterocycles. The van der Waals surface area contributed by atoms with Gasteiger partial charge < -0.3 is 10.1 Å². The highest BCUT2D eigenvalue weighted by Gasteiger charge is 2.34. The van der Waals surface area contributed by atoms with E-state index in [4.69, 9.17) is 0 Å². The Kier molecular flexibility index (Phi) is 7.42. The summed E-state index contributed by atoms with van der Waals surface area (Å²) in [4.78, 5) is 24.7. The molecule has 1 aliphatic heterocycles. The lowest BCUT2D eigenvalue weighted by Crippen LogP contribution is -2.42. The van der Waals surface area contributed by atoms with E-state index in [0.29, 0.717) is 22.1 Å². The van der Waals surface area contributed by atoms with Crippen molar-refractivity contribution in [2.45, 2.75) is 45.4 Å². The molecular weight excluding hydrogens is 466 g/mol. The molecule has 2 aromatic carbocycles. The number of ether oxygens (including phenoxy) is 1. The van der Waals surface area contributed by atoms with E-state index >= 15 is 0 Å². The average Bonchev–Trinajstić information content (AvgIpc) is 2.79. The van der Waals surface area contributed by atoms with Gasteiger partial charge in [-0.25, -0.2) is 22.0 Å². The quantitative estimate of drug-likeness (QED) is 0.634. The molecule has 0 atom stereocenters. The Morgan fingerprint density at radius 3 is 2.06 bits per heavy atom. The van der Waals surface area contributed by atoms with E-state index in [-0.39, 0.29) is 31.6 Å². The summed E-state index contributed by atoms with van der Waals surface area (Å²) in [7, 11) is -2.70. The van der Waals surface area contributed by atoms with Crippen molar-refractivity contribution in [2.75, 3.05) is 25.5 Å². The molecule has 0 bridgehead atoms. The van der Waals surface area contributed by atoms with E-state index in [1.54, 1.807) is 13.8 Å². The molecule has 1 N–H and O–H groups in total. The average molecular weight is 495 g/mol. The van der Waals surface area contributed by atoms with E-state index in [1.165, 1.54) is 4.31 Å². The van der Waals surface area contributed by atoms with Crippen LogP contribution in [0.3, 0.4) is 0 Å². The molecule has 184 valence electrons. The number of piperidine rings is 1. The van der Waals surface area contributed by atoms with Gasteiger partial charge in [-0.05, 0) is 68.9 Å². The maximum absolute atomic E-state index is 14.2. The number of amides is 1. The Morgan fingerprint density at radius 1 is 0.971 bits per heavy atom. The van der Waals surface area contributed by atoms with Crippen LogP contribution in [-0.4, -0.2) is 44.8 Å². The Labute approximate surface area is 198 Å². The molecule has 1 aliphatic rings. The molecule has 0 spiro atoms. The third-order valence-electron chi connectivity index (χ3n) is 6.44. The molecule has 0 saturated carbocycles. The van der Waals surface area contributed by atoms with Gasteiger partial charge in [0.25, 0.3) is 0 Å². The van der Waals surface area contributed by atoms with Crippen LogP contribution in [0.2, 0.25) is 0 Å². The van der Waals surface area contributed by atoms with E-state index in [1.807, 2.05) is 19.9 Å². The molecule has 0 unspecified atom stereocenters. The maximum Gasteiger partial charge on any atom is 0.340 e. The fourth-order valence-electron chi connectivity index (χ4n) is 4.20. The first kappa shape index (κ1) is 25.8. The number of sulfonamides is 1. The minimum atomic E-state index is -3.76. The second-order valence-corrected chi connectivity index (χ2v) is 10.4. The molecule has 0 radical (unpaired) electrons. The van der Waals surface area contributed by atoms with Gasteiger partial charge in [0.2, 0.25) is 15.9 Å². The lowest BCUT2D eigenvalue weighted by Gasteiger charge is -2.32. The van der Waals surface area contributed by atoms with Crippen molar-refractivity contribution in [3.63, 3.8) is 0 Å². The highest BCUT2D eigenvalue weighted by atomic mass is 32.2. The molecule has 34 heavy (non-hydrogen) atoms. The molecular formula is C24H28F2N2O5S. The predicted octanol–water partition coefficient (Wildman–Crippen LogP) is 4.02. The summed E-state index contributed by atoms with van der Waals surface area (Å²) in [5.41, 5.74) is 2.35. The van der Waals surface area contributed by atoms with Crippen molar-refractivity contribution in [1.82, 2.24) is 4.31 Å². The highest BCUT2D eigenvalue weighted by molar-refractivity contribution is 7.89. The topological polar surface area (TPSA) is 92.8 Å². The monoisotopic (exact) mass is 494 g/mol. The van der Waals surface area contributed by atoms with Gasteiger partial charge in [0.05, 0.1) is 23.3 Å². The van der Waals surface area contributed by atoms with Gasteiger partial charge in [-0.3, -0.25) is 4.79 Å². The van der Waals surface area contributed by atoms with Crippen LogP contribution in [0.1, 0.15) is 45.5 Å². The number of esters is 1. The number of carbonyl (C=O) groups is 2. The first-order chi connectivity index (χ1) is 15.9. The molecule has 2 aromatic rings. The Balaban J connectivity index is 1.75. The third kappa shape index (κ3) is 4.83. The summed E-state index contributed by atoms with van der Waals surface area (Å²) in [5.74, 6) is -4.23. The summed E-state index contributed by atoms with van der Waals surface area (Å²) in [6.45, 7) is 7.58. The van der Waals surface area contributed by atoms with E-state index in [9.17, 15) is 26.8 Å². The predicted molar refractivity (Wildman–Crippen MR) is 123 cm³/mol. The number of halogens is 2. The van der Waals surface area contributed by atoms with Crippen molar-refractivity contribution in [3.05, 3.63) is 57.7 Å². The molecule has 1 fully saturated rings. The van der Waals surface area contributed by atoms with Crippen molar-refractivity contribution >= 4 is 27.6 Å². The molecule has 0 aliphatic carbocycles. The van der Waals surface area contributed by atoms with E-state index in [2.05, 4.69) is 10.1 Å². The number of rotatable bonds is 5. The fraction of sp³-hybridized carbons (Fsp3) is 0.417. The number of anilines is 1. The van der Waals surface area contributed by atoms with Crippen LogP contribution in [0.5, 0.6) is 0 Å². The van der Waals surface area contributed by atoms with Crippen molar-refractivity contribution in [3.8, 4) is 0 Å². The molecule has 3 rings (SSSR count). The number of carbonyl (C=O) groups excluding carboxylic acids is 2. The van der Waals surface area contributed by atoms with E-state index in [0.717, 1.165) is 24.3 Å². The first-order valence-electron chi connectivity index (χ1n) is 10.8. The number of hydrogen-bond donors (Lipinski definition) is 1. The summed E-state index contributed by atoms with van der Waals surface area (Å²) >= 11 is 0. The molecule has 7 nitrogen and oxygen atoms in total. The van der Waals surface area contributed by atoms with Crippen molar-refractivity contribution < 1.29 is 31.5 Å². The Hall–Kier alpha value is -2.85. The van der Waals surface area contributed by atoms with Crippen LogP contribution >= 0.6 is 0 Å². The van der Waals surface area contributed by atoms with Gasteiger partial charge in [-0.1, -0.05) is 6.07 Å². The number of benzene rings is 2. The van der Waals surface area contributed by atoms with Crippen LogP contribution in [-0.2, 0) is 19.6 Å². The minimum Gasteiger partial charge on any atom is -0.465 e. The standard InChI is InChI=1S/C24H28F2N2O5S/c1-13-10-14(2)16(4)22(15(13)3)34(31,32)28-8-6-17(7-9-28)23(29)27-21-11-18(24(30)33-5)19(25)12-20(21)26/h10-12,17H,6-9H2,1-5H3,(H,27,29). The number of methoxy groups -OCH3 is 1. The van der Waals surface area contributed by atoms with E-state index < -0.39 is 45.0 Å². The van der Waals surface area contributed by atoms with Gasteiger partial charge in [0.15, 0.2) is 0 Å². The smallest absolute Gasteiger partial charge is 0.340 e. The number of hydrogen-bond acceptors (Lipinski definition) is 5. The lowest BCUT2D eigenvalue weighted by atomic mass is 9.97. The fourth-order valence-corrected chi connectivity index (χ4v) is 6.25. The zero-order valence-electron chi connectivity index (χ0n) is 19.8. The van der Waals surface area contributed by atoms with Crippen LogP contribution in [0.25, 0.3) is 0 Å².